The van der Waals surface area contributed by atoms with Crippen molar-refractivity contribution in [3.63, 3.8) is 0 Å². The van der Waals surface area contributed by atoms with Crippen LogP contribution in [0.15, 0.2) is 28.8 Å². The number of aromatic nitrogens is 2. The number of alkyl halides is 3. The molecular formula is C16H19F3N4O2. The second kappa shape index (κ2) is 8.11. The summed E-state index contributed by atoms with van der Waals surface area (Å²) in [5.41, 5.74) is -0.309. The van der Waals surface area contributed by atoms with Crippen LogP contribution < -0.4 is 5.32 Å². The fourth-order valence-corrected chi connectivity index (χ4v) is 2.25. The third-order valence-corrected chi connectivity index (χ3v) is 3.48. The van der Waals surface area contributed by atoms with Crippen molar-refractivity contribution in [1.82, 2.24) is 20.4 Å². The highest BCUT2D eigenvalue weighted by Crippen LogP contribution is 2.30. The molecule has 1 amide bonds. The van der Waals surface area contributed by atoms with Gasteiger partial charge in [-0.25, -0.2) is 0 Å². The zero-order valence-corrected chi connectivity index (χ0v) is 13.9. The fourth-order valence-electron chi connectivity index (χ4n) is 2.25. The van der Waals surface area contributed by atoms with Gasteiger partial charge in [-0.3, -0.25) is 9.69 Å². The van der Waals surface area contributed by atoms with Crippen LogP contribution in [0.2, 0.25) is 0 Å². The minimum atomic E-state index is -4.39. The summed E-state index contributed by atoms with van der Waals surface area (Å²) in [4.78, 5) is 17.6. The van der Waals surface area contributed by atoms with E-state index in [9.17, 15) is 18.0 Å². The molecule has 0 saturated heterocycles. The van der Waals surface area contributed by atoms with Gasteiger partial charge >= 0.3 is 6.18 Å². The first-order valence-electron chi connectivity index (χ1n) is 7.76. The molecule has 0 aliphatic heterocycles. The molecule has 1 heterocycles. The van der Waals surface area contributed by atoms with Gasteiger partial charge in [0, 0.05) is 12.6 Å². The normalized spacial score (nSPS) is 11.8. The average molecular weight is 356 g/mol. The van der Waals surface area contributed by atoms with E-state index in [0.717, 1.165) is 18.6 Å². The van der Waals surface area contributed by atoms with Crippen LogP contribution in [0, 0.1) is 0 Å². The topological polar surface area (TPSA) is 71.3 Å². The molecule has 2 rings (SSSR count). The van der Waals surface area contributed by atoms with E-state index in [1.54, 1.807) is 7.05 Å². The van der Waals surface area contributed by atoms with Gasteiger partial charge in [-0.15, -0.1) is 0 Å². The number of benzene rings is 1. The van der Waals surface area contributed by atoms with Crippen LogP contribution in [0.1, 0.15) is 24.8 Å². The van der Waals surface area contributed by atoms with Gasteiger partial charge in [0.25, 0.3) is 0 Å². The van der Waals surface area contributed by atoms with Gasteiger partial charge in [0.1, 0.15) is 0 Å². The Labute approximate surface area is 143 Å². The van der Waals surface area contributed by atoms with Gasteiger partial charge in [0.2, 0.25) is 17.6 Å². The average Bonchev–Trinajstić information content (AvgIpc) is 3.02. The zero-order chi connectivity index (χ0) is 18.4. The minimum absolute atomic E-state index is 0.129. The summed E-state index contributed by atoms with van der Waals surface area (Å²) in [6.07, 6.45) is -3.54. The molecule has 0 aliphatic rings. The van der Waals surface area contributed by atoms with Crippen molar-refractivity contribution in [1.29, 1.82) is 0 Å². The maximum Gasteiger partial charge on any atom is 0.416 e. The second-order valence-electron chi connectivity index (χ2n) is 5.47. The Hall–Kier alpha value is -2.42. The molecule has 25 heavy (non-hydrogen) atoms. The summed E-state index contributed by atoms with van der Waals surface area (Å²) in [6.45, 7) is 3.14. The van der Waals surface area contributed by atoms with Gasteiger partial charge in [-0.1, -0.05) is 24.2 Å². The summed E-state index contributed by atoms with van der Waals surface area (Å²) in [6, 6.07) is 4.54. The molecule has 0 aliphatic carbocycles. The molecule has 9 heteroatoms. The first-order valence-corrected chi connectivity index (χ1v) is 7.76. The van der Waals surface area contributed by atoms with Crippen molar-refractivity contribution in [2.75, 3.05) is 20.1 Å². The number of carbonyl (C=O) groups is 1. The first-order chi connectivity index (χ1) is 11.8. The van der Waals surface area contributed by atoms with Crippen LogP contribution >= 0.6 is 0 Å². The molecule has 0 fully saturated rings. The van der Waals surface area contributed by atoms with E-state index < -0.39 is 11.7 Å². The van der Waals surface area contributed by atoms with Crippen molar-refractivity contribution in [3.05, 3.63) is 35.7 Å². The molecule has 6 nitrogen and oxygen atoms in total. The summed E-state index contributed by atoms with van der Waals surface area (Å²) < 4.78 is 42.9. The Kier molecular flexibility index (Phi) is 6.13. The van der Waals surface area contributed by atoms with E-state index in [0.29, 0.717) is 18.0 Å². The number of carbonyl (C=O) groups excluding carboxylic acids is 1. The summed E-state index contributed by atoms with van der Waals surface area (Å²) >= 11 is 0. The minimum Gasteiger partial charge on any atom is -0.358 e. The molecule has 0 bridgehead atoms. The van der Waals surface area contributed by atoms with Gasteiger partial charge < -0.3 is 9.84 Å². The zero-order valence-electron chi connectivity index (χ0n) is 13.9. The van der Waals surface area contributed by atoms with Crippen molar-refractivity contribution >= 4 is 5.91 Å². The smallest absolute Gasteiger partial charge is 0.358 e. The van der Waals surface area contributed by atoms with Crippen LogP contribution in [-0.4, -0.2) is 41.1 Å². The van der Waals surface area contributed by atoms with E-state index in [-0.39, 0.29) is 24.8 Å². The number of likely N-dealkylation sites (N-methyl/N-ethyl adjacent to an activating group) is 1. The van der Waals surface area contributed by atoms with E-state index in [4.69, 9.17) is 4.52 Å². The van der Waals surface area contributed by atoms with E-state index in [1.165, 1.54) is 12.1 Å². The fraction of sp³-hybridized carbons (Fsp3) is 0.438. The second-order valence-corrected chi connectivity index (χ2v) is 5.47. The Bertz CT molecular complexity index is 698. The molecule has 1 aromatic heterocycles. The molecule has 0 spiro atoms. The largest absolute Gasteiger partial charge is 0.416 e. The number of amides is 1. The maximum atomic E-state index is 12.6. The molecule has 136 valence electrons. The number of rotatable bonds is 7. The molecule has 0 unspecified atom stereocenters. The summed E-state index contributed by atoms with van der Waals surface area (Å²) in [7, 11) is 1.56. The monoisotopic (exact) mass is 356 g/mol. The summed E-state index contributed by atoms with van der Waals surface area (Å²) in [5.74, 6) is 0.378. The van der Waals surface area contributed by atoms with Crippen molar-refractivity contribution < 1.29 is 22.5 Å². The van der Waals surface area contributed by atoms with Crippen LogP contribution in [0.4, 0.5) is 13.2 Å². The predicted octanol–water partition coefficient (Wildman–Crippen LogP) is 2.71. The molecule has 0 atom stereocenters. The highest BCUT2D eigenvalue weighted by molar-refractivity contribution is 5.77. The number of hydrogen-bond donors (Lipinski definition) is 1. The third-order valence-electron chi connectivity index (χ3n) is 3.48. The van der Waals surface area contributed by atoms with E-state index in [2.05, 4.69) is 15.5 Å². The first kappa shape index (κ1) is 18.9. The van der Waals surface area contributed by atoms with Crippen LogP contribution in [0.5, 0.6) is 0 Å². The maximum absolute atomic E-state index is 12.6. The Morgan fingerprint density at radius 3 is 2.52 bits per heavy atom. The van der Waals surface area contributed by atoms with Gasteiger partial charge in [0.15, 0.2) is 0 Å². The van der Waals surface area contributed by atoms with Gasteiger partial charge in [-0.2, -0.15) is 18.2 Å². The Morgan fingerprint density at radius 2 is 1.96 bits per heavy atom. The van der Waals surface area contributed by atoms with Gasteiger partial charge in [-0.05, 0) is 25.1 Å². The molecular weight excluding hydrogens is 337 g/mol. The highest BCUT2D eigenvalue weighted by atomic mass is 19.4. The van der Waals surface area contributed by atoms with Gasteiger partial charge in [0.05, 0.1) is 18.7 Å². The quantitative estimate of drug-likeness (QED) is 0.826. The number of nitrogens with zero attached hydrogens (tertiary/aromatic N) is 3. The SMILES string of the molecule is CCCN(CC(=O)NC)Cc1nc(-c2ccc(C(F)(F)F)cc2)no1. The molecule has 0 saturated carbocycles. The van der Waals surface area contributed by atoms with Crippen LogP contribution in [0.3, 0.4) is 0 Å². The number of hydrogen-bond acceptors (Lipinski definition) is 5. The van der Waals surface area contributed by atoms with Crippen LogP contribution in [-0.2, 0) is 17.5 Å². The number of nitrogens with one attached hydrogen (secondary N) is 1. The van der Waals surface area contributed by atoms with E-state index in [1.807, 2.05) is 11.8 Å². The Morgan fingerprint density at radius 1 is 1.28 bits per heavy atom. The lowest BCUT2D eigenvalue weighted by molar-refractivity contribution is -0.137. The standard InChI is InChI=1S/C16H19F3N4O2/c1-3-8-23(9-13(24)20-2)10-14-21-15(22-25-14)11-4-6-12(7-5-11)16(17,18)19/h4-7H,3,8-10H2,1-2H3,(H,20,24). The Balaban J connectivity index is 2.09. The lowest BCUT2D eigenvalue weighted by Gasteiger charge is -2.18. The van der Waals surface area contributed by atoms with Crippen LogP contribution in [0.25, 0.3) is 11.4 Å². The number of halogens is 3. The molecule has 1 N–H and O–H groups in total. The van der Waals surface area contributed by atoms with Crippen molar-refractivity contribution in [2.45, 2.75) is 26.1 Å². The molecule has 0 radical (unpaired) electrons. The molecule has 1 aromatic carbocycles. The predicted molar refractivity (Wildman–Crippen MR) is 84.4 cm³/mol. The van der Waals surface area contributed by atoms with E-state index >= 15 is 0 Å². The lowest BCUT2D eigenvalue weighted by Crippen LogP contribution is -2.35. The van der Waals surface area contributed by atoms with Crippen molar-refractivity contribution in [2.24, 2.45) is 0 Å². The lowest BCUT2D eigenvalue weighted by atomic mass is 10.1. The summed E-state index contributed by atoms with van der Waals surface area (Å²) in [5, 5.41) is 6.35. The third kappa shape index (κ3) is 5.28. The highest BCUT2D eigenvalue weighted by Gasteiger charge is 2.30. The molecule has 2 aromatic rings. The van der Waals surface area contributed by atoms with Crippen molar-refractivity contribution in [3.8, 4) is 11.4 Å².